The first-order valence-corrected chi connectivity index (χ1v) is 14.0. The van der Waals surface area contributed by atoms with Crippen LogP contribution in [0.2, 0.25) is 0 Å². The fourth-order valence-electron chi connectivity index (χ4n) is 5.82. The van der Waals surface area contributed by atoms with Gasteiger partial charge in [0.05, 0.1) is 34.8 Å². The predicted molar refractivity (Wildman–Crippen MR) is 158 cm³/mol. The second-order valence-electron chi connectivity index (χ2n) is 11.4. The smallest absolute Gasteiger partial charge is 0.248 e. The minimum absolute atomic E-state index is 0.0990. The summed E-state index contributed by atoms with van der Waals surface area (Å²) in [6.45, 7) is 14.2. The van der Waals surface area contributed by atoms with Crippen LogP contribution in [0.1, 0.15) is 67.9 Å². The lowest BCUT2D eigenvalue weighted by atomic mass is 9.80. The highest BCUT2D eigenvalue weighted by molar-refractivity contribution is 6.10. The van der Waals surface area contributed by atoms with Gasteiger partial charge in [-0.15, -0.1) is 0 Å². The van der Waals surface area contributed by atoms with E-state index < -0.39 is 5.91 Å². The standard InChI is InChI=1S/C33H37N2O5/c1-7-35(37)32(36)25-18-26(31-22(5)24-10-8-9-11-27(24)39-31)34-30-21(4)12-13-28(29(25)30)38-19-23-14-16-33(6,17-15-23)40-20(2)3/h7-13,18,20,23H,1,14-17,19H2,2-6H3/q-1. The molecule has 1 saturated carbocycles. The number of carbonyl (C=O) groups is 1. The zero-order chi connectivity index (χ0) is 28.6. The van der Waals surface area contributed by atoms with Gasteiger partial charge < -0.3 is 24.2 Å². The molecule has 0 bridgehead atoms. The van der Waals surface area contributed by atoms with E-state index in [2.05, 4.69) is 27.4 Å². The van der Waals surface area contributed by atoms with E-state index in [4.69, 9.17) is 18.9 Å². The monoisotopic (exact) mass is 541 g/mol. The number of hydrogen-bond acceptors (Lipinski definition) is 6. The van der Waals surface area contributed by atoms with Gasteiger partial charge in [-0.05, 0) is 96.2 Å². The van der Waals surface area contributed by atoms with E-state index in [1.54, 1.807) is 6.07 Å². The van der Waals surface area contributed by atoms with Crippen LogP contribution >= 0.6 is 0 Å². The Bertz CT molecular complexity index is 1560. The SMILES string of the molecule is C=CN([O-])C(=O)c1cc(-c2oc3ccccc3c2C)nc2c(C)ccc(OCC3CCC(C)(OC(C)C)CC3)c12. The fraction of sp³-hybridized carbons (Fsp3) is 0.394. The average molecular weight is 542 g/mol. The van der Waals surface area contributed by atoms with Gasteiger partial charge in [-0.1, -0.05) is 30.8 Å². The Labute approximate surface area is 235 Å². The Morgan fingerprint density at radius 1 is 1.23 bits per heavy atom. The van der Waals surface area contributed by atoms with Crippen LogP contribution < -0.4 is 4.74 Å². The first-order chi connectivity index (χ1) is 19.1. The van der Waals surface area contributed by atoms with Gasteiger partial charge in [-0.3, -0.25) is 4.79 Å². The molecule has 1 aliphatic rings. The van der Waals surface area contributed by atoms with Crippen molar-refractivity contribution in [2.24, 2.45) is 5.92 Å². The molecule has 0 saturated heterocycles. The number of ether oxygens (including phenoxy) is 2. The molecular formula is C33H37N2O5-. The van der Waals surface area contributed by atoms with Crippen LogP contribution in [0.25, 0.3) is 33.3 Å². The van der Waals surface area contributed by atoms with Crippen LogP contribution in [-0.2, 0) is 4.74 Å². The number of aryl methyl sites for hydroxylation is 2. The van der Waals surface area contributed by atoms with Crippen molar-refractivity contribution in [2.45, 2.75) is 72.0 Å². The number of furan rings is 1. The summed E-state index contributed by atoms with van der Waals surface area (Å²) in [5, 5.41) is 14.2. The molecule has 7 nitrogen and oxygen atoms in total. The van der Waals surface area contributed by atoms with Gasteiger partial charge in [-0.2, -0.15) is 0 Å². The number of hydroxylamine groups is 2. The van der Waals surface area contributed by atoms with Gasteiger partial charge in [0.1, 0.15) is 17.0 Å². The first-order valence-electron chi connectivity index (χ1n) is 14.0. The maximum absolute atomic E-state index is 13.4. The lowest BCUT2D eigenvalue weighted by Crippen LogP contribution is -2.37. The van der Waals surface area contributed by atoms with Crippen molar-refractivity contribution in [1.82, 2.24) is 10.0 Å². The Kier molecular flexibility index (Phi) is 7.71. The van der Waals surface area contributed by atoms with Crippen LogP contribution in [0.3, 0.4) is 0 Å². The maximum atomic E-state index is 13.4. The van der Waals surface area contributed by atoms with Crippen molar-refractivity contribution in [1.29, 1.82) is 0 Å². The highest BCUT2D eigenvalue weighted by atomic mass is 16.5. The second kappa shape index (κ2) is 11.1. The summed E-state index contributed by atoms with van der Waals surface area (Å²) < 4.78 is 18.7. The Morgan fingerprint density at radius 3 is 2.62 bits per heavy atom. The largest absolute Gasteiger partial charge is 0.752 e. The van der Waals surface area contributed by atoms with Crippen molar-refractivity contribution >= 4 is 27.8 Å². The summed E-state index contributed by atoms with van der Waals surface area (Å²) in [6, 6.07) is 13.2. The summed E-state index contributed by atoms with van der Waals surface area (Å²) in [5.41, 5.74) is 3.70. The van der Waals surface area contributed by atoms with Gasteiger partial charge in [0.25, 0.3) is 0 Å². The average Bonchev–Trinajstić information content (AvgIpc) is 3.28. The lowest BCUT2D eigenvalue weighted by molar-refractivity contribution is -0.0970. The number of para-hydroxylation sites is 1. The van der Waals surface area contributed by atoms with Crippen molar-refractivity contribution in [3.63, 3.8) is 0 Å². The number of rotatable bonds is 8. The van der Waals surface area contributed by atoms with Crippen LogP contribution in [-0.4, -0.2) is 34.3 Å². The van der Waals surface area contributed by atoms with Crippen molar-refractivity contribution in [3.8, 4) is 17.2 Å². The van der Waals surface area contributed by atoms with Crippen molar-refractivity contribution < 1.29 is 18.7 Å². The fourth-order valence-corrected chi connectivity index (χ4v) is 5.82. The second-order valence-corrected chi connectivity index (χ2v) is 11.4. The van der Waals surface area contributed by atoms with Crippen LogP contribution in [0.4, 0.5) is 0 Å². The quantitative estimate of drug-likeness (QED) is 0.209. The molecule has 1 aliphatic carbocycles. The summed E-state index contributed by atoms with van der Waals surface area (Å²) in [4.78, 5) is 18.3. The number of pyridine rings is 1. The Morgan fingerprint density at radius 2 is 1.95 bits per heavy atom. The number of fused-ring (bicyclic) bond motifs is 2. The molecule has 40 heavy (non-hydrogen) atoms. The Balaban J connectivity index is 1.53. The molecular weight excluding hydrogens is 504 g/mol. The van der Waals surface area contributed by atoms with Gasteiger partial charge in [-0.25, -0.2) is 4.98 Å². The zero-order valence-electron chi connectivity index (χ0n) is 24.0. The molecule has 4 aromatic rings. The summed E-state index contributed by atoms with van der Waals surface area (Å²) in [5.74, 6) is 0.738. The predicted octanol–water partition coefficient (Wildman–Crippen LogP) is 8.10. The number of amides is 1. The molecule has 1 amide bonds. The summed E-state index contributed by atoms with van der Waals surface area (Å²) in [6.07, 6.45) is 5.11. The molecule has 0 unspecified atom stereocenters. The Hall–Kier alpha value is -3.68. The molecule has 1 fully saturated rings. The van der Waals surface area contributed by atoms with Gasteiger partial charge in [0, 0.05) is 10.9 Å². The molecule has 0 radical (unpaired) electrons. The molecule has 2 aromatic heterocycles. The molecule has 7 heteroatoms. The number of nitrogens with zero attached hydrogens (tertiary/aromatic N) is 2. The number of benzene rings is 2. The van der Waals surface area contributed by atoms with E-state index >= 15 is 0 Å². The van der Waals surface area contributed by atoms with Gasteiger partial charge in [0.15, 0.2) is 5.76 Å². The van der Waals surface area contributed by atoms with E-state index in [1.165, 1.54) is 0 Å². The van der Waals surface area contributed by atoms with E-state index in [9.17, 15) is 10.0 Å². The number of hydrogen-bond donors (Lipinski definition) is 0. The molecule has 0 N–H and O–H groups in total. The molecule has 5 rings (SSSR count). The van der Waals surface area contributed by atoms with E-state index in [1.807, 2.05) is 50.2 Å². The third-order valence-corrected chi connectivity index (χ3v) is 7.95. The minimum Gasteiger partial charge on any atom is -0.752 e. The normalized spacial score (nSPS) is 19.3. The summed E-state index contributed by atoms with van der Waals surface area (Å²) >= 11 is 0. The van der Waals surface area contributed by atoms with Crippen LogP contribution in [0.5, 0.6) is 5.75 Å². The molecule has 2 aromatic carbocycles. The lowest BCUT2D eigenvalue weighted by Gasteiger charge is -2.38. The van der Waals surface area contributed by atoms with E-state index in [0.717, 1.165) is 54.0 Å². The maximum Gasteiger partial charge on any atom is 0.248 e. The summed E-state index contributed by atoms with van der Waals surface area (Å²) in [7, 11) is 0. The van der Waals surface area contributed by atoms with Crippen molar-refractivity contribution in [2.75, 3.05) is 6.61 Å². The van der Waals surface area contributed by atoms with Gasteiger partial charge >= 0.3 is 0 Å². The third-order valence-electron chi connectivity index (χ3n) is 7.95. The van der Waals surface area contributed by atoms with E-state index in [0.29, 0.717) is 40.6 Å². The molecule has 2 heterocycles. The molecule has 0 atom stereocenters. The molecule has 210 valence electrons. The van der Waals surface area contributed by atoms with Gasteiger partial charge in [0.2, 0.25) is 5.91 Å². The first kappa shape index (κ1) is 27.9. The number of aromatic nitrogens is 1. The zero-order valence-corrected chi connectivity index (χ0v) is 24.0. The van der Waals surface area contributed by atoms with Crippen molar-refractivity contribution in [3.05, 3.63) is 77.1 Å². The topological polar surface area (TPSA) is 87.9 Å². The van der Waals surface area contributed by atoms with E-state index in [-0.39, 0.29) is 22.3 Å². The number of carbonyl (C=O) groups excluding carboxylic acids is 1. The highest BCUT2D eigenvalue weighted by Gasteiger charge is 2.33. The van der Waals surface area contributed by atoms with Crippen LogP contribution in [0.15, 0.2) is 59.7 Å². The molecule has 0 aliphatic heterocycles. The van der Waals surface area contributed by atoms with Crippen LogP contribution in [0, 0.1) is 25.0 Å². The molecule has 0 spiro atoms. The minimum atomic E-state index is -0.730. The third kappa shape index (κ3) is 5.36. The highest BCUT2D eigenvalue weighted by Crippen LogP contribution is 2.39.